The van der Waals surface area contributed by atoms with Gasteiger partial charge in [0.25, 0.3) is 0 Å². The molecule has 0 heterocycles. The summed E-state index contributed by atoms with van der Waals surface area (Å²) in [5, 5.41) is 0. The van der Waals surface area contributed by atoms with E-state index in [0.717, 1.165) is 31.6 Å². The average Bonchev–Trinajstić information content (AvgIpc) is 2.44. The highest BCUT2D eigenvalue weighted by Crippen LogP contribution is 2.27. The zero-order valence-corrected chi connectivity index (χ0v) is 11.9. The van der Waals surface area contributed by atoms with Crippen molar-refractivity contribution in [1.82, 2.24) is 10.3 Å². The molecule has 4 nitrogen and oxygen atoms in total. The molecular weight excluding hydrogens is 245 g/mol. The Labute approximate surface area is 114 Å². The summed E-state index contributed by atoms with van der Waals surface area (Å²) in [6, 6.07) is 4.38. The van der Waals surface area contributed by atoms with Crippen molar-refractivity contribution < 1.29 is 9.13 Å². The summed E-state index contributed by atoms with van der Waals surface area (Å²) >= 11 is 0. The second kappa shape index (κ2) is 8.09. The van der Waals surface area contributed by atoms with Gasteiger partial charge in [-0.2, -0.15) is 0 Å². The Balaban J connectivity index is 2.81. The van der Waals surface area contributed by atoms with Crippen LogP contribution in [0.25, 0.3) is 0 Å². The van der Waals surface area contributed by atoms with E-state index in [9.17, 15) is 4.39 Å². The van der Waals surface area contributed by atoms with E-state index in [0.29, 0.717) is 5.75 Å². The Morgan fingerprint density at radius 2 is 2.05 bits per heavy atom. The van der Waals surface area contributed by atoms with Crippen LogP contribution in [0, 0.1) is 5.82 Å². The van der Waals surface area contributed by atoms with Crippen molar-refractivity contribution in [2.45, 2.75) is 26.3 Å². The number of nitrogens with one attached hydrogen (secondary N) is 1. The van der Waals surface area contributed by atoms with Crippen LogP contribution < -0.4 is 16.0 Å². The number of nitrogens with two attached hydrogens (primary N) is 1. The fourth-order valence-electron chi connectivity index (χ4n) is 2.16. The normalized spacial score (nSPS) is 12.7. The first-order valence-corrected chi connectivity index (χ1v) is 6.68. The van der Waals surface area contributed by atoms with Crippen LogP contribution in [0.1, 0.15) is 31.9 Å². The first kappa shape index (κ1) is 15.9. The number of nitrogens with zero attached hydrogens (tertiary/aromatic N) is 1. The SMILES string of the molecule is CCN(CC)CCC(NN)c1cc(F)ccc1OC. The molecule has 0 radical (unpaired) electrons. The molecule has 1 aromatic rings. The topological polar surface area (TPSA) is 50.5 Å². The Morgan fingerprint density at radius 3 is 2.58 bits per heavy atom. The fraction of sp³-hybridized carbons (Fsp3) is 0.571. The summed E-state index contributed by atoms with van der Waals surface area (Å²) in [5.41, 5.74) is 3.51. The van der Waals surface area contributed by atoms with Gasteiger partial charge in [0.05, 0.1) is 13.2 Å². The lowest BCUT2D eigenvalue weighted by atomic mass is 10.0. The van der Waals surface area contributed by atoms with Gasteiger partial charge in [-0.25, -0.2) is 4.39 Å². The molecule has 0 spiro atoms. The van der Waals surface area contributed by atoms with Gasteiger partial charge >= 0.3 is 0 Å². The molecule has 0 saturated carbocycles. The van der Waals surface area contributed by atoms with Crippen LogP contribution in [0.2, 0.25) is 0 Å². The van der Waals surface area contributed by atoms with Crippen LogP contribution in [0.3, 0.4) is 0 Å². The molecule has 19 heavy (non-hydrogen) atoms. The Morgan fingerprint density at radius 1 is 1.37 bits per heavy atom. The molecule has 3 N–H and O–H groups in total. The molecule has 0 fully saturated rings. The van der Waals surface area contributed by atoms with Gasteiger partial charge in [0, 0.05) is 5.56 Å². The number of methoxy groups -OCH3 is 1. The maximum absolute atomic E-state index is 13.4. The first-order valence-electron chi connectivity index (χ1n) is 6.68. The molecule has 5 heteroatoms. The second-order valence-electron chi connectivity index (χ2n) is 4.42. The van der Waals surface area contributed by atoms with E-state index < -0.39 is 0 Å². The number of hydrogen-bond donors (Lipinski definition) is 2. The van der Waals surface area contributed by atoms with Gasteiger partial charge in [-0.3, -0.25) is 11.3 Å². The number of ether oxygens (including phenoxy) is 1. The number of hydrogen-bond acceptors (Lipinski definition) is 4. The lowest BCUT2D eigenvalue weighted by Gasteiger charge is -2.23. The highest BCUT2D eigenvalue weighted by atomic mass is 19.1. The third-order valence-electron chi connectivity index (χ3n) is 3.40. The Kier molecular flexibility index (Phi) is 6.77. The minimum atomic E-state index is -0.279. The van der Waals surface area contributed by atoms with Crippen LogP contribution in [-0.4, -0.2) is 31.6 Å². The fourth-order valence-corrected chi connectivity index (χ4v) is 2.16. The molecular formula is C14H24FN3O. The van der Waals surface area contributed by atoms with Crippen molar-refractivity contribution in [2.24, 2.45) is 5.84 Å². The van der Waals surface area contributed by atoms with Gasteiger partial charge in [-0.1, -0.05) is 13.8 Å². The van der Waals surface area contributed by atoms with Crippen LogP contribution in [0.5, 0.6) is 5.75 Å². The number of rotatable bonds is 8. The summed E-state index contributed by atoms with van der Waals surface area (Å²) in [6.07, 6.45) is 0.804. The van der Waals surface area contributed by atoms with Gasteiger partial charge in [0.1, 0.15) is 11.6 Å². The minimum absolute atomic E-state index is 0.119. The monoisotopic (exact) mass is 269 g/mol. The lowest BCUT2D eigenvalue weighted by Crippen LogP contribution is -2.33. The molecule has 0 aliphatic rings. The molecule has 0 aromatic heterocycles. The molecule has 1 atom stereocenters. The zero-order chi connectivity index (χ0) is 14.3. The smallest absolute Gasteiger partial charge is 0.123 e. The van der Waals surface area contributed by atoms with Gasteiger partial charge < -0.3 is 9.64 Å². The van der Waals surface area contributed by atoms with Crippen molar-refractivity contribution in [3.05, 3.63) is 29.6 Å². The Hall–Kier alpha value is -1.17. The summed E-state index contributed by atoms with van der Waals surface area (Å²) in [4.78, 5) is 2.30. The Bertz CT molecular complexity index is 383. The van der Waals surface area contributed by atoms with Crippen LogP contribution >= 0.6 is 0 Å². The van der Waals surface area contributed by atoms with Gasteiger partial charge in [0.15, 0.2) is 0 Å². The summed E-state index contributed by atoms with van der Waals surface area (Å²) in [6.45, 7) is 7.14. The maximum atomic E-state index is 13.4. The highest BCUT2D eigenvalue weighted by Gasteiger charge is 2.16. The average molecular weight is 269 g/mol. The third-order valence-corrected chi connectivity index (χ3v) is 3.40. The van der Waals surface area contributed by atoms with Crippen molar-refractivity contribution in [3.8, 4) is 5.75 Å². The number of hydrazine groups is 1. The molecule has 1 rings (SSSR count). The summed E-state index contributed by atoms with van der Waals surface area (Å²) in [7, 11) is 1.58. The molecule has 0 amide bonds. The number of halogens is 1. The molecule has 108 valence electrons. The van der Waals surface area contributed by atoms with E-state index in [2.05, 4.69) is 24.2 Å². The van der Waals surface area contributed by atoms with Crippen molar-refractivity contribution in [1.29, 1.82) is 0 Å². The van der Waals surface area contributed by atoms with Gasteiger partial charge in [0.2, 0.25) is 0 Å². The van der Waals surface area contributed by atoms with Crippen LogP contribution in [0.15, 0.2) is 18.2 Å². The highest BCUT2D eigenvalue weighted by molar-refractivity contribution is 5.36. The van der Waals surface area contributed by atoms with Crippen molar-refractivity contribution >= 4 is 0 Å². The first-order chi connectivity index (χ1) is 9.15. The van der Waals surface area contributed by atoms with Crippen molar-refractivity contribution in [3.63, 3.8) is 0 Å². The van der Waals surface area contributed by atoms with Crippen LogP contribution in [-0.2, 0) is 0 Å². The molecule has 1 aromatic carbocycles. The zero-order valence-electron chi connectivity index (χ0n) is 11.9. The standard InChI is InChI=1S/C14H24FN3O/c1-4-18(5-2)9-8-13(17-16)12-10-11(15)6-7-14(12)19-3/h6-7,10,13,17H,4-5,8-9,16H2,1-3H3. The van der Waals surface area contributed by atoms with E-state index in [1.54, 1.807) is 13.2 Å². The predicted molar refractivity (Wildman–Crippen MR) is 75.4 cm³/mol. The molecule has 1 unspecified atom stereocenters. The van der Waals surface area contributed by atoms with E-state index in [-0.39, 0.29) is 11.9 Å². The molecule has 0 bridgehead atoms. The second-order valence-corrected chi connectivity index (χ2v) is 4.42. The van der Waals surface area contributed by atoms with Gasteiger partial charge in [-0.15, -0.1) is 0 Å². The predicted octanol–water partition coefficient (Wildman–Crippen LogP) is 2.07. The summed E-state index contributed by atoms with van der Waals surface area (Å²) in [5.74, 6) is 5.98. The van der Waals surface area contributed by atoms with E-state index in [1.165, 1.54) is 12.1 Å². The lowest BCUT2D eigenvalue weighted by molar-refractivity contribution is 0.280. The minimum Gasteiger partial charge on any atom is -0.496 e. The van der Waals surface area contributed by atoms with E-state index in [1.807, 2.05) is 0 Å². The number of benzene rings is 1. The quantitative estimate of drug-likeness (QED) is 0.560. The largest absolute Gasteiger partial charge is 0.496 e. The van der Waals surface area contributed by atoms with E-state index >= 15 is 0 Å². The molecule has 0 aliphatic heterocycles. The molecule has 0 aliphatic carbocycles. The molecule has 0 saturated heterocycles. The van der Waals surface area contributed by atoms with Crippen molar-refractivity contribution in [2.75, 3.05) is 26.7 Å². The van der Waals surface area contributed by atoms with Gasteiger partial charge in [-0.05, 0) is 44.3 Å². The maximum Gasteiger partial charge on any atom is 0.123 e. The van der Waals surface area contributed by atoms with Crippen LogP contribution in [0.4, 0.5) is 4.39 Å². The summed E-state index contributed by atoms with van der Waals surface area (Å²) < 4.78 is 18.6. The van der Waals surface area contributed by atoms with E-state index in [4.69, 9.17) is 10.6 Å². The third kappa shape index (κ3) is 4.45.